The molecule has 2 heterocycles. The van der Waals surface area contributed by atoms with E-state index in [1.807, 2.05) is 0 Å². The van der Waals surface area contributed by atoms with Crippen molar-refractivity contribution in [2.24, 2.45) is 13.0 Å². The maximum Gasteiger partial charge on any atom is 0.435 e. The fourth-order valence-electron chi connectivity index (χ4n) is 3.20. The first-order valence-electron chi connectivity index (χ1n) is 8.51. The minimum atomic E-state index is -4.61. The summed E-state index contributed by atoms with van der Waals surface area (Å²) in [4.78, 5) is 26.2. The van der Waals surface area contributed by atoms with Gasteiger partial charge in [0, 0.05) is 38.3 Å². The van der Waals surface area contributed by atoms with Crippen LogP contribution in [0.1, 0.15) is 17.7 Å². The van der Waals surface area contributed by atoms with Crippen LogP contribution in [0.15, 0.2) is 30.5 Å². The van der Waals surface area contributed by atoms with Crippen LogP contribution in [-0.2, 0) is 29.4 Å². The molecule has 1 N–H and O–H groups in total. The highest BCUT2D eigenvalue weighted by Crippen LogP contribution is 2.33. The van der Waals surface area contributed by atoms with Crippen molar-refractivity contribution in [1.82, 2.24) is 15.1 Å². The third kappa shape index (κ3) is 3.95. The molecular formula is C18H19F3N4O3. The van der Waals surface area contributed by atoms with Crippen molar-refractivity contribution in [2.75, 3.05) is 18.6 Å². The first-order valence-corrected chi connectivity index (χ1v) is 8.51. The van der Waals surface area contributed by atoms with Gasteiger partial charge >= 0.3 is 6.18 Å². The number of alkyl halides is 3. The number of methoxy groups -OCH3 is 1. The second-order valence-electron chi connectivity index (χ2n) is 6.47. The Morgan fingerprint density at radius 3 is 2.75 bits per heavy atom. The van der Waals surface area contributed by atoms with E-state index in [9.17, 15) is 22.8 Å². The number of nitrogens with one attached hydrogen (secondary N) is 1. The number of amides is 2. The Kier molecular flexibility index (Phi) is 5.30. The third-order valence-corrected chi connectivity index (χ3v) is 4.50. The highest BCUT2D eigenvalue weighted by Gasteiger charge is 2.38. The molecular weight excluding hydrogens is 377 g/mol. The van der Waals surface area contributed by atoms with Gasteiger partial charge in [0.1, 0.15) is 5.75 Å². The van der Waals surface area contributed by atoms with Gasteiger partial charge in [-0.05, 0) is 12.1 Å². The molecule has 1 aliphatic heterocycles. The predicted molar refractivity (Wildman–Crippen MR) is 93.5 cm³/mol. The van der Waals surface area contributed by atoms with Gasteiger partial charge in [0.15, 0.2) is 5.69 Å². The molecule has 1 atom stereocenters. The van der Waals surface area contributed by atoms with Crippen molar-refractivity contribution in [3.63, 3.8) is 0 Å². The summed E-state index contributed by atoms with van der Waals surface area (Å²) in [7, 11) is 2.86. The molecule has 0 saturated carbocycles. The number of rotatable bonds is 5. The van der Waals surface area contributed by atoms with Crippen LogP contribution < -0.4 is 15.0 Å². The third-order valence-electron chi connectivity index (χ3n) is 4.50. The number of halogens is 3. The lowest BCUT2D eigenvalue weighted by molar-refractivity contribution is -0.142. The normalized spacial score (nSPS) is 17.1. The number of aryl methyl sites for hydroxylation is 1. The molecule has 0 radical (unpaired) electrons. The SMILES string of the molecule is COc1ccccc1N1CC(C(=O)NCc2cn(C)nc2C(F)(F)F)CC1=O. The van der Waals surface area contributed by atoms with E-state index in [0.29, 0.717) is 11.4 Å². The highest BCUT2D eigenvalue weighted by molar-refractivity contribution is 6.01. The molecule has 1 fully saturated rings. The van der Waals surface area contributed by atoms with Crippen LogP contribution in [0.5, 0.6) is 5.75 Å². The smallest absolute Gasteiger partial charge is 0.435 e. The van der Waals surface area contributed by atoms with Gasteiger partial charge in [0.05, 0.1) is 18.7 Å². The van der Waals surface area contributed by atoms with Crippen LogP contribution in [0.4, 0.5) is 18.9 Å². The number of aromatic nitrogens is 2. The Morgan fingerprint density at radius 2 is 2.07 bits per heavy atom. The molecule has 1 aromatic carbocycles. The minimum Gasteiger partial charge on any atom is -0.495 e. The van der Waals surface area contributed by atoms with E-state index in [1.165, 1.54) is 25.3 Å². The summed E-state index contributed by atoms with van der Waals surface area (Å²) in [6.45, 7) is -0.189. The van der Waals surface area contributed by atoms with E-state index in [-0.39, 0.29) is 31.0 Å². The van der Waals surface area contributed by atoms with Gasteiger partial charge in [-0.1, -0.05) is 12.1 Å². The summed E-state index contributed by atoms with van der Waals surface area (Å²) in [6.07, 6.45) is -3.42. The molecule has 2 aromatic rings. The maximum absolute atomic E-state index is 13.0. The zero-order valence-corrected chi connectivity index (χ0v) is 15.3. The van der Waals surface area contributed by atoms with Crippen molar-refractivity contribution >= 4 is 17.5 Å². The van der Waals surface area contributed by atoms with Crippen LogP contribution in [-0.4, -0.2) is 35.2 Å². The molecule has 1 unspecified atom stereocenters. The highest BCUT2D eigenvalue weighted by atomic mass is 19.4. The second-order valence-corrected chi connectivity index (χ2v) is 6.47. The van der Waals surface area contributed by atoms with Crippen molar-refractivity contribution < 1.29 is 27.5 Å². The van der Waals surface area contributed by atoms with Crippen LogP contribution in [0.3, 0.4) is 0 Å². The van der Waals surface area contributed by atoms with E-state index < -0.39 is 23.7 Å². The number of anilines is 1. The Bertz CT molecular complexity index is 894. The summed E-state index contributed by atoms with van der Waals surface area (Å²) in [6, 6.07) is 6.93. The number of benzene rings is 1. The lowest BCUT2D eigenvalue weighted by Gasteiger charge is -2.19. The molecule has 7 nitrogen and oxygen atoms in total. The largest absolute Gasteiger partial charge is 0.495 e. The Hall–Kier alpha value is -3.04. The Balaban J connectivity index is 1.68. The fourth-order valence-corrected chi connectivity index (χ4v) is 3.20. The maximum atomic E-state index is 13.0. The molecule has 150 valence electrons. The summed E-state index contributed by atoms with van der Waals surface area (Å²) in [5.74, 6) is -0.893. The van der Waals surface area contributed by atoms with Gasteiger partial charge in [0.25, 0.3) is 0 Å². The molecule has 0 aliphatic carbocycles. The van der Waals surface area contributed by atoms with Crippen molar-refractivity contribution in [3.8, 4) is 5.75 Å². The van der Waals surface area contributed by atoms with E-state index in [2.05, 4.69) is 10.4 Å². The van der Waals surface area contributed by atoms with Gasteiger partial charge in [0.2, 0.25) is 11.8 Å². The summed E-state index contributed by atoms with van der Waals surface area (Å²) in [5.41, 5.74) is -0.611. The van der Waals surface area contributed by atoms with Gasteiger partial charge in [-0.2, -0.15) is 18.3 Å². The van der Waals surface area contributed by atoms with Crippen molar-refractivity contribution in [3.05, 3.63) is 41.7 Å². The van der Waals surface area contributed by atoms with Crippen molar-refractivity contribution in [1.29, 1.82) is 0 Å². The first-order chi connectivity index (χ1) is 13.2. The zero-order valence-electron chi connectivity index (χ0n) is 15.3. The molecule has 0 bridgehead atoms. The predicted octanol–water partition coefficient (Wildman–Crippen LogP) is 2.12. The van der Waals surface area contributed by atoms with E-state index in [0.717, 1.165) is 4.68 Å². The summed E-state index contributed by atoms with van der Waals surface area (Å²) >= 11 is 0. The molecule has 28 heavy (non-hydrogen) atoms. The monoisotopic (exact) mass is 396 g/mol. The average Bonchev–Trinajstić information content (AvgIpc) is 3.22. The fraction of sp³-hybridized carbons (Fsp3) is 0.389. The number of carbonyl (C=O) groups is 2. The van der Waals surface area contributed by atoms with Crippen LogP contribution in [0, 0.1) is 5.92 Å². The van der Waals surface area contributed by atoms with E-state index in [4.69, 9.17) is 4.74 Å². The topological polar surface area (TPSA) is 76.5 Å². The molecule has 3 rings (SSSR count). The number of ether oxygens (including phenoxy) is 1. The quantitative estimate of drug-likeness (QED) is 0.840. The van der Waals surface area contributed by atoms with Crippen molar-refractivity contribution in [2.45, 2.75) is 19.1 Å². The number of para-hydroxylation sites is 2. The first kappa shape index (κ1) is 19.7. The molecule has 1 saturated heterocycles. The van der Waals surface area contributed by atoms with Gasteiger partial charge in [-0.15, -0.1) is 0 Å². The summed E-state index contributed by atoms with van der Waals surface area (Å²) < 4.78 is 45.3. The van der Waals surface area contributed by atoms with E-state index in [1.54, 1.807) is 24.3 Å². The minimum absolute atomic E-state index is 0.0248. The Morgan fingerprint density at radius 1 is 1.36 bits per heavy atom. The van der Waals surface area contributed by atoms with Crippen LogP contribution in [0.25, 0.3) is 0 Å². The Labute approximate surface area is 159 Å². The van der Waals surface area contributed by atoms with Crippen LogP contribution in [0.2, 0.25) is 0 Å². The number of carbonyl (C=O) groups excluding carboxylic acids is 2. The summed E-state index contributed by atoms with van der Waals surface area (Å²) in [5, 5.41) is 5.89. The number of hydrogen-bond donors (Lipinski definition) is 1. The van der Waals surface area contributed by atoms with Gasteiger partial charge in [-0.3, -0.25) is 14.3 Å². The standard InChI is InChI=1S/C18H19F3N4O3/c1-24-9-12(16(23-24)18(19,20)21)8-22-17(27)11-7-15(26)25(10-11)13-5-3-4-6-14(13)28-2/h3-6,9,11H,7-8,10H2,1-2H3,(H,22,27). The molecule has 10 heteroatoms. The van der Waals surface area contributed by atoms with Gasteiger partial charge < -0.3 is 15.0 Å². The van der Waals surface area contributed by atoms with E-state index >= 15 is 0 Å². The number of nitrogens with zero attached hydrogens (tertiary/aromatic N) is 3. The molecule has 1 aliphatic rings. The average molecular weight is 396 g/mol. The molecule has 0 spiro atoms. The lowest BCUT2D eigenvalue weighted by atomic mass is 10.1. The van der Waals surface area contributed by atoms with Crippen LogP contribution >= 0.6 is 0 Å². The lowest BCUT2D eigenvalue weighted by Crippen LogP contribution is -2.33. The molecule has 2 amide bonds. The second kappa shape index (κ2) is 7.53. The molecule has 1 aromatic heterocycles. The number of hydrogen-bond acceptors (Lipinski definition) is 4. The zero-order chi connectivity index (χ0) is 20.5. The van der Waals surface area contributed by atoms with Gasteiger partial charge in [-0.25, -0.2) is 0 Å².